The van der Waals surface area contributed by atoms with Gasteiger partial charge in [0.2, 0.25) is 5.91 Å². The number of hydrogen-bond acceptors (Lipinski definition) is 2. The van der Waals surface area contributed by atoms with Crippen LogP contribution in [0.4, 0.5) is 11.4 Å². The highest BCUT2D eigenvalue weighted by Crippen LogP contribution is 2.26. The third-order valence-electron chi connectivity index (χ3n) is 2.01. The third-order valence-corrected chi connectivity index (χ3v) is 2.01. The van der Waals surface area contributed by atoms with Crippen molar-refractivity contribution < 1.29 is 4.79 Å². The van der Waals surface area contributed by atoms with Crippen molar-refractivity contribution in [3.8, 4) is 0 Å². The van der Waals surface area contributed by atoms with E-state index in [4.69, 9.17) is 0 Å². The number of amides is 1. The van der Waals surface area contributed by atoms with Crippen LogP contribution in [0.2, 0.25) is 0 Å². The average molecular weight is 174 g/mol. The maximum Gasteiger partial charge on any atom is 0.232 e. The van der Waals surface area contributed by atoms with Crippen molar-refractivity contribution >= 4 is 23.5 Å². The molecule has 0 spiro atoms. The molecule has 0 saturated carbocycles. The molecule has 1 amide bonds. The quantitative estimate of drug-likeness (QED) is 0.642. The summed E-state index contributed by atoms with van der Waals surface area (Å²) in [6.07, 6.45) is 1.67. The van der Waals surface area contributed by atoms with Crippen molar-refractivity contribution in [2.75, 3.05) is 5.32 Å². The highest BCUT2D eigenvalue weighted by Gasteiger charge is 2.15. The van der Waals surface area contributed by atoms with Crippen molar-refractivity contribution in [1.82, 2.24) is 0 Å². The van der Waals surface area contributed by atoms with Gasteiger partial charge in [-0.3, -0.25) is 9.79 Å². The summed E-state index contributed by atoms with van der Waals surface area (Å²) in [6, 6.07) is 7.51. The van der Waals surface area contributed by atoms with E-state index in [0.29, 0.717) is 0 Å². The van der Waals surface area contributed by atoms with Crippen LogP contribution < -0.4 is 5.32 Å². The molecule has 0 aromatic heterocycles. The Kier molecular flexibility index (Phi) is 1.85. The molecule has 1 unspecified atom stereocenters. The highest BCUT2D eigenvalue weighted by atomic mass is 16.1. The minimum Gasteiger partial charge on any atom is -0.324 e. The Morgan fingerprint density at radius 3 is 3.00 bits per heavy atom. The number of hydrogen-bond donors (Lipinski definition) is 1. The predicted octanol–water partition coefficient (Wildman–Crippen LogP) is 1.98. The van der Waals surface area contributed by atoms with Crippen molar-refractivity contribution in [2.45, 2.75) is 6.92 Å². The van der Waals surface area contributed by atoms with E-state index in [2.05, 4.69) is 10.3 Å². The van der Waals surface area contributed by atoms with Crippen molar-refractivity contribution in [3.05, 3.63) is 24.3 Å². The summed E-state index contributed by atoms with van der Waals surface area (Å²) in [5, 5.41) is 2.81. The average Bonchev–Trinajstić information content (AvgIpc) is 2.28. The van der Waals surface area contributed by atoms with Crippen LogP contribution in [0.15, 0.2) is 29.3 Å². The zero-order chi connectivity index (χ0) is 9.26. The zero-order valence-corrected chi connectivity index (χ0v) is 7.32. The lowest BCUT2D eigenvalue weighted by Crippen LogP contribution is -2.19. The molecular weight excluding hydrogens is 164 g/mol. The summed E-state index contributed by atoms with van der Waals surface area (Å²) in [4.78, 5) is 15.6. The van der Waals surface area contributed by atoms with Crippen LogP contribution >= 0.6 is 0 Å². The topological polar surface area (TPSA) is 41.5 Å². The molecule has 66 valence electrons. The lowest BCUT2D eigenvalue weighted by atomic mass is 10.2. The Morgan fingerprint density at radius 1 is 1.38 bits per heavy atom. The van der Waals surface area contributed by atoms with Gasteiger partial charge in [0.1, 0.15) is 0 Å². The lowest BCUT2D eigenvalue weighted by molar-refractivity contribution is -0.117. The molecule has 0 aliphatic carbocycles. The first-order chi connectivity index (χ1) is 6.27. The smallest absolute Gasteiger partial charge is 0.232 e. The molecule has 3 heteroatoms. The van der Waals surface area contributed by atoms with Crippen molar-refractivity contribution in [3.63, 3.8) is 0 Å². The van der Waals surface area contributed by atoms with Crippen LogP contribution in [0.5, 0.6) is 0 Å². The van der Waals surface area contributed by atoms with Gasteiger partial charge in [-0.1, -0.05) is 12.1 Å². The number of benzene rings is 1. The van der Waals surface area contributed by atoms with Crippen molar-refractivity contribution in [1.29, 1.82) is 0 Å². The molecular formula is C10H10N2O. The maximum absolute atomic E-state index is 11.4. The van der Waals surface area contributed by atoms with E-state index in [9.17, 15) is 4.79 Å². The summed E-state index contributed by atoms with van der Waals surface area (Å²) in [5.41, 5.74) is 1.60. The van der Waals surface area contributed by atoms with Gasteiger partial charge in [-0.05, 0) is 19.1 Å². The van der Waals surface area contributed by atoms with Gasteiger partial charge in [0.25, 0.3) is 0 Å². The molecule has 2 rings (SSSR count). The lowest BCUT2D eigenvalue weighted by Gasteiger charge is -2.04. The molecule has 1 aromatic rings. The van der Waals surface area contributed by atoms with Crippen molar-refractivity contribution in [2.24, 2.45) is 10.9 Å². The van der Waals surface area contributed by atoms with Crippen LogP contribution in [-0.4, -0.2) is 12.1 Å². The highest BCUT2D eigenvalue weighted by molar-refractivity contribution is 6.05. The van der Waals surface area contributed by atoms with E-state index in [0.717, 1.165) is 11.4 Å². The second-order valence-corrected chi connectivity index (χ2v) is 3.07. The number of aliphatic imine (C=N–C) groups is 1. The minimum absolute atomic E-state index is 0.00583. The van der Waals surface area contributed by atoms with E-state index in [1.54, 1.807) is 6.21 Å². The summed E-state index contributed by atoms with van der Waals surface area (Å²) in [7, 11) is 0. The fourth-order valence-corrected chi connectivity index (χ4v) is 1.20. The van der Waals surface area contributed by atoms with Gasteiger partial charge in [0.05, 0.1) is 17.3 Å². The first-order valence-electron chi connectivity index (χ1n) is 4.21. The molecule has 1 atom stereocenters. The Hall–Kier alpha value is -1.64. The van der Waals surface area contributed by atoms with Crippen LogP contribution in [0.25, 0.3) is 0 Å². The van der Waals surface area contributed by atoms with E-state index in [1.807, 2.05) is 31.2 Å². The second-order valence-electron chi connectivity index (χ2n) is 3.07. The fraction of sp³-hybridized carbons (Fsp3) is 0.200. The standard InChI is InChI=1S/C10H10N2O/c1-7-6-11-8-4-2-3-5-9(8)12-10(7)13/h2-7H,1H3,(H,12,13). The Balaban J connectivity index is 2.46. The first kappa shape index (κ1) is 7.98. The molecule has 0 radical (unpaired) electrons. The van der Waals surface area contributed by atoms with E-state index >= 15 is 0 Å². The van der Waals surface area contributed by atoms with Gasteiger partial charge in [0.15, 0.2) is 0 Å². The number of anilines is 1. The molecule has 13 heavy (non-hydrogen) atoms. The number of para-hydroxylation sites is 2. The third kappa shape index (κ3) is 1.45. The zero-order valence-electron chi connectivity index (χ0n) is 7.32. The monoisotopic (exact) mass is 174 g/mol. The van der Waals surface area contributed by atoms with Crippen LogP contribution in [0.3, 0.4) is 0 Å². The first-order valence-corrected chi connectivity index (χ1v) is 4.21. The normalized spacial score (nSPS) is 20.4. The molecule has 1 heterocycles. The molecule has 1 aliphatic heterocycles. The Morgan fingerprint density at radius 2 is 2.15 bits per heavy atom. The van der Waals surface area contributed by atoms with Crippen LogP contribution in [-0.2, 0) is 4.79 Å². The SMILES string of the molecule is CC1C=Nc2ccccc2NC1=O. The molecule has 3 nitrogen and oxygen atoms in total. The maximum atomic E-state index is 11.4. The van der Waals surface area contributed by atoms with Crippen LogP contribution in [0, 0.1) is 5.92 Å². The number of carbonyl (C=O) groups excluding carboxylic acids is 1. The summed E-state index contributed by atoms with van der Waals surface area (Å²) >= 11 is 0. The van der Waals surface area contributed by atoms with Gasteiger partial charge < -0.3 is 5.32 Å². The minimum atomic E-state index is -0.160. The van der Waals surface area contributed by atoms with E-state index in [1.165, 1.54) is 0 Å². The molecule has 1 aliphatic rings. The van der Waals surface area contributed by atoms with Crippen LogP contribution in [0.1, 0.15) is 6.92 Å². The summed E-state index contributed by atoms with van der Waals surface area (Å²) < 4.78 is 0. The molecule has 1 N–H and O–H groups in total. The summed E-state index contributed by atoms with van der Waals surface area (Å²) in [5.74, 6) is -0.166. The number of nitrogens with zero attached hydrogens (tertiary/aromatic N) is 1. The van der Waals surface area contributed by atoms with Gasteiger partial charge in [0, 0.05) is 6.21 Å². The van der Waals surface area contributed by atoms with Gasteiger partial charge in [-0.2, -0.15) is 0 Å². The van der Waals surface area contributed by atoms with E-state index in [-0.39, 0.29) is 11.8 Å². The number of carbonyl (C=O) groups is 1. The second kappa shape index (κ2) is 3.01. The fourth-order valence-electron chi connectivity index (χ4n) is 1.20. The molecule has 0 fully saturated rings. The number of nitrogens with one attached hydrogen (secondary N) is 1. The van der Waals surface area contributed by atoms with Gasteiger partial charge >= 0.3 is 0 Å². The predicted molar refractivity (Wildman–Crippen MR) is 52.4 cm³/mol. The number of rotatable bonds is 0. The largest absolute Gasteiger partial charge is 0.324 e. The molecule has 1 aromatic carbocycles. The molecule has 0 saturated heterocycles. The summed E-state index contributed by atoms with van der Waals surface area (Å²) in [6.45, 7) is 1.82. The van der Waals surface area contributed by atoms with Gasteiger partial charge in [-0.25, -0.2) is 0 Å². The Labute approximate surface area is 76.5 Å². The van der Waals surface area contributed by atoms with Gasteiger partial charge in [-0.15, -0.1) is 0 Å². The number of fused-ring (bicyclic) bond motifs is 1. The Bertz CT molecular complexity index is 371. The van der Waals surface area contributed by atoms with E-state index < -0.39 is 0 Å². The molecule has 0 bridgehead atoms.